The van der Waals surface area contributed by atoms with E-state index in [1.165, 1.54) is 11.1 Å². The summed E-state index contributed by atoms with van der Waals surface area (Å²) in [7, 11) is 0. The number of rotatable bonds is 2. The third-order valence-corrected chi connectivity index (χ3v) is 3.04. The Kier molecular flexibility index (Phi) is 4.53. The van der Waals surface area contributed by atoms with E-state index in [2.05, 4.69) is 15.3 Å². The second-order valence-corrected chi connectivity index (χ2v) is 4.62. The maximum absolute atomic E-state index is 11.1. The first-order valence-electron chi connectivity index (χ1n) is 6.36. The minimum Gasteiger partial charge on any atom is -0.370 e. The molecule has 0 spiro atoms. The summed E-state index contributed by atoms with van der Waals surface area (Å²) in [6, 6.07) is 3.24. The van der Waals surface area contributed by atoms with E-state index in [1.54, 1.807) is 12.3 Å². The zero-order valence-electron chi connectivity index (χ0n) is 10.7. The molecule has 0 saturated carbocycles. The lowest BCUT2D eigenvalue weighted by Gasteiger charge is -2.12. The van der Waals surface area contributed by atoms with Gasteiger partial charge in [0.05, 0.1) is 6.04 Å². The molecule has 1 aliphatic heterocycles. The highest BCUT2D eigenvalue weighted by Crippen LogP contribution is 2.13. The van der Waals surface area contributed by atoms with E-state index in [-0.39, 0.29) is 11.6 Å². The van der Waals surface area contributed by atoms with E-state index >= 15 is 0 Å². The number of hydrogen-bond acceptors (Lipinski definition) is 4. The Morgan fingerprint density at radius 2 is 2.37 bits per heavy atom. The van der Waals surface area contributed by atoms with Crippen LogP contribution in [0.25, 0.3) is 0 Å². The number of hydrogen-bond donors (Lipinski definition) is 4. The summed E-state index contributed by atoms with van der Waals surface area (Å²) in [5.74, 6) is 0.294. The lowest BCUT2D eigenvalue weighted by molar-refractivity contribution is -0.0875. The van der Waals surface area contributed by atoms with Crippen molar-refractivity contribution < 1.29 is 5.21 Å². The quantitative estimate of drug-likeness (QED) is 0.456. The number of nitrogens with zero attached hydrogens (tertiary/aromatic N) is 2. The Morgan fingerprint density at radius 3 is 3.16 bits per heavy atom. The fourth-order valence-corrected chi connectivity index (χ4v) is 2.09. The van der Waals surface area contributed by atoms with Crippen molar-refractivity contribution in [2.45, 2.75) is 25.3 Å². The summed E-state index contributed by atoms with van der Waals surface area (Å²) < 4.78 is 0. The third-order valence-electron chi connectivity index (χ3n) is 3.04. The molecule has 7 heteroatoms. The summed E-state index contributed by atoms with van der Waals surface area (Å²) in [5, 5.41) is 13.6. The van der Waals surface area contributed by atoms with Crippen LogP contribution >= 0.6 is 0 Å². The first kappa shape index (κ1) is 13.6. The van der Waals surface area contributed by atoms with E-state index in [0.29, 0.717) is 24.7 Å². The number of pyridine rings is 1. The zero-order chi connectivity index (χ0) is 13.7. The molecule has 19 heavy (non-hydrogen) atoms. The van der Waals surface area contributed by atoms with Crippen molar-refractivity contribution >= 4 is 11.6 Å². The molecule has 0 aromatic carbocycles. The van der Waals surface area contributed by atoms with Gasteiger partial charge in [-0.2, -0.15) is 5.06 Å². The lowest BCUT2D eigenvalue weighted by Crippen LogP contribution is -2.26. The van der Waals surface area contributed by atoms with Crippen LogP contribution in [0.3, 0.4) is 0 Å². The minimum atomic E-state index is -0.191. The Balaban J connectivity index is 1.96. The number of H-pyrrole nitrogens is 1. The molecule has 1 atom stereocenters. The van der Waals surface area contributed by atoms with E-state index in [9.17, 15) is 10.0 Å². The molecule has 7 nitrogen and oxygen atoms in total. The van der Waals surface area contributed by atoms with Gasteiger partial charge in [-0.05, 0) is 25.3 Å². The van der Waals surface area contributed by atoms with E-state index in [1.807, 2.05) is 0 Å². The third kappa shape index (κ3) is 4.38. The molecule has 2 rings (SSSR count). The smallest absolute Gasteiger partial charge is 0.249 e. The van der Waals surface area contributed by atoms with Crippen molar-refractivity contribution in [3.05, 3.63) is 28.7 Å². The normalized spacial score (nSPS) is 21.9. The number of aromatic nitrogens is 1. The molecular weight excluding hydrogens is 246 g/mol. The van der Waals surface area contributed by atoms with Crippen molar-refractivity contribution in [3.8, 4) is 0 Å². The van der Waals surface area contributed by atoms with Crippen LogP contribution in [0.5, 0.6) is 0 Å². The first-order valence-corrected chi connectivity index (χ1v) is 6.36. The van der Waals surface area contributed by atoms with Gasteiger partial charge in [-0.1, -0.05) is 0 Å². The average Bonchev–Trinajstić information content (AvgIpc) is 2.54. The molecule has 1 aromatic rings. The highest BCUT2D eigenvalue weighted by Gasteiger charge is 2.15. The summed E-state index contributed by atoms with van der Waals surface area (Å²) in [5.41, 5.74) is 6.24. The van der Waals surface area contributed by atoms with Crippen LogP contribution in [-0.2, 0) is 0 Å². The molecular formula is C12H19N5O2. The van der Waals surface area contributed by atoms with Gasteiger partial charge >= 0.3 is 0 Å². The summed E-state index contributed by atoms with van der Waals surface area (Å²) >= 11 is 0. The van der Waals surface area contributed by atoms with Crippen molar-refractivity contribution in [2.24, 2.45) is 10.7 Å². The molecule has 104 valence electrons. The van der Waals surface area contributed by atoms with E-state index < -0.39 is 0 Å². The minimum absolute atomic E-state index is 0.103. The molecule has 5 N–H and O–H groups in total. The van der Waals surface area contributed by atoms with Crippen molar-refractivity contribution in [3.63, 3.8) is 0 Å². The van der Waals surface area contributed by atoms with Crippen LogP contribution < -0.4 is 16.6 Å². The molecule has 1 aromatic heterocycles. The summed E-state index contributed by atoms with van der Waals surface area (Å²) in [6.07, 6.45) is 4.11. The monoisotopic (exact) mass is 265 g/mol. The fourth-order valence-electron chi connectivity index (χ4n) is 2.09. The summed E-state index contributed by atoms with van der Waals surface area (Å²) in [6.45, 7) is 1.28. The van der Waals surface area contributed by atoms with Crippen molar-refractivity contribution in [1.82, 2.24) is 10.0 Å². The van der Waals surface area contributed by atoms with Crippen LogP contribution in [0.1, 0.15) is 19.3 Å². The predicted molar refractivity (Wildman–Crippen MR) is 73.3 cm³/mol. The van der Waals surface area contributed by atoms with E-state index in [0.717, 1.165) is 19.3 Å². The second kappa shape index (κ2) is 6.35. The molecule has 0 bridgehead atoms. The SMILES string of the molecule is NC(=NC1CCCN(O)CC1)Nc1cc[nH]c(=O)c1. The number of aliphatic imine (C=N–C) groups is 1. The topological polar surface area (TPSA) is 107 Å². The van der Waals surface area contributed by atoms with Gasteiger partial charge in [0.2, 0.25) is 5.56 Å². The highest BCUT2D eigenvalue weighted by atomic mass is 16.5. The number of anilines is 1. The average molecular weight is 265 g/mol. The molecule has 0 amide bonds. The zero-order valence-corrected chi connectivity index (χ0v) is 10.7. The van der Waals surface area contributed by atoms with Gasteiger partial charge in [0, 0.05) is 31.0 Å². The Labute approximate surface area is 111 Å². The molecule has 1 unspecified atom stereocenters. The molecule has 1 saturated heterocycles. The first-order chi connectivity index (χ1) is 9.13. The Morgan fingerprint density at radius 1 is 1.53 bits per heavy atom. The van der Waals surface area contributed by atoms with Crippen LogP contribution in [-0.4, -0.2) is 40.3 Å². The van der Waals surface area contributed by atoms with Crippen molar-refractivity contribution in [1.29, 1.82) is 0 Å². The molecule has 2 heterocycles. The van der Waals surface area contributed by atoms with Gasteiger partial charge in [0.15, 0.2) is 5.96 Å². The highest BCUT2D eigenvalue weighted by molar-refractivity contribution is 5.92. The molecule has 0 radical (unpaired) electrons. The second-order valence-electron chi connectivity index (χ2n) is 4.62. The van der Waals surface area contributed by atoms with E-state index in [4.69, 9.17) is 5.73 Å². The Bertz CT molecular complexity index is 499. The standard InChI is InChI=1S/C12H19N5O2/c13-12(16-10-3-5-14-11(18)8-10)15-9-2-1-6-17(19)7-4-9/h3,5,8-9,19H,1-2,4,6-7H2,(H4,13,14,15,16,18). The fraction of sp³-hybridized carbons (Fsp3) is 0.500. The number of nitrogens with one attached hydrogen (secondary N) is 2. The van der Waals surface area contributed by atoms with Crippen LogP contribution in [0, 0.1) is 0 Å². The lowest BCUT2D eigenvalue weighted by atomic mass is 10.1. The maximum Gasteiger partial charge on any atom is 0.249 e. The van der Waals surface area contributed by atoms with Gasteiger partial charge in [0.25, 0.3) is 0 Å². The Hall–Kier alpha value is -1.86. The maximum atomic E-state index is 11.1. The summed E-state index contributed by atoms with van der Waals surface area (Å²) in [4.78, 5) is 18.1. The molecule has 1 aliphatic rings. The number of guanidine groups is 1. The number of nitrogens with two attached hydrogens (primary N) is 1. The van der Waals surface area contributed by atoms with Crippen LogP contribution in [0.4, 0.5) is 5.69 Å². The number of hydroxylamine groups is 2. The molecule has 0 aliphatic carbocycles. The van der Waals surface area contributed by atoms with Crippen LogP contribution in [0.2, 0.25) is 0 Å². The number of aromatic amines is 1. The molecule has 1 fully saturated rings. The van der Waals surface area contributed by atoms with Crippen LogP contribution in [0.15, 0.2) is 28.1 Å². The van der Waals surface area contributed by atoms with Gasteiger partial charge in [-0.15, -0.1) is 0 Å². The van der Waals surface area contributed by atoms with Gasteiger partial charge in [-0.25, -0.2) is 4.99 Å². The van der Waals surface area contributed by atoms with Gasteiger partial charge < -0.3 is 21.2 Å². The van der Waals surface area contributed by atoms with Gasteiger partial charge in [-0.3, -0.25) is 4.79 Å². The van der Waals surface area contributed by atoms with Crippen molar-refractivity contribution in [2.75, 3.05) is 18.4 Å². The largest absolute Gasteiger partial charge is 0.370 e. The predicted octanol–water partition coefficient (Wildman–Crippen LogP) is 0.345. The van der Waals surface area contributed by atoms with Gasteiger partial charge in [0.1, 0.15) is 0 Å².